The molecule has 0 radical (unpaired) electrons. The summed E-state index contributed by atoms with van der Waals surface area (Å²) >= 11 is 8.11. The van der Waals surface area contributed by atoms with Crippen LogP contribution >= 0.6 is 23.4 Å². The van der Waals surface area contributed by atoms with Crippen LogP contribution in [-0.2, 0) is 18.3 Å². The van der Waals surface area contributed by atoms with Gasteiger partial charge in [0, 0.05) is 57.5 Å². The second-order valence-electron chi connectivity index (χ2n) is 6.25. The van der Waals surface area contributed by atoms with Crippen LogP contribution in [0.25, 0.3) is 0 Å². The van der Waals surface area contributed by atoms with Gasteiger partial charge in [-0.1, -0.05) is 18.5 Å². The zero-order valence-electron chi connectivity index (χ0n) is 15.1. The molecule has 5 nitrogen and oxygen atoms in total. The fraction of sp³-hybridized carbons (Fsp3) is 0.706. The summed E-state index contributed by atoms with van der Waals surface area (Å²) in [6.07, 6.45) is 4.11. The van der Waals surface area contributed by atoms with Gasteiger partial charge in [0.2, 0.25) is 0 Å². The number of ether oxygens (including phenoxy) is 1. The van der Waals surface area contributed by atoms with Crippen molar-refractivity contribution >= 4 is 29.3 Å². The van der Waals surface area contributed by atoms with Gasteiger partial charge in [-0.2, -0.15) is 11.8 Å². The molecule has 1 aromatic heterocycles. The quantitative estimate of drug-likeness (QED) is 0.615. The predicted molar refractivity (Wildman–Crippen MR) is 104 cm³/mol. The molecule has 1 aromatic rings. The smallest absolute Gasteiger partial charge is 0.193 e. The lowest BCUT2D eigenvalue weighted by atomic mass is 9.99. The number of hydrogen-bond acceptors (Lipinski definition) is 3. The molecule has 0 saturated carbocycles. The Morgan fingerprint density at radius 2 is 2.21 bits per heavy atom. The summed E-state index contributed by atoms with van der Waals surface area (Å²) in [5.41, 5.74) is 1.16. The molecule has 1 N–H and O–H groups in total. The lowest BCUT2D eigenvalue weighted by molar-refractivity contribution is 0.0780. The fourth-order valence-electron chi connectivity index (χ4n) is 3.09. The zero-order chi connectivity index (χ0) is 17.6. The molecule has 24 heavy (non-hydrogen) atoms. The summed E-state index contributed by atoms with van der Waals surface area (Å²) in [6.45, 7) is 5.61. The Morgan fingerprint density at radius 3 is 2.75 bits per heavy atom. The monoisotopic (exact) mass is 372 g/mol. The summed E-state index contributed by atoms with van der Waals surface area (Å²) in [6, 6.07) is 2.00. The Labute approximate surface area is 154 Å². The molecule has 136 valence electrons. The Hall–Kier alpha value is -0.850. The van der Waals surface area contributed by atoms with Crippen molar-refractivity contribution in [3.05, 3.63) is 23.0 Å². The summed E-state index contributed by atoms with van der Waals surface area (Å²) < 4.78 is 7.85. The molecule has 2 rings (SSSR count). The second-order valence-corrected chi connectivity index (χ2v) is 8.41. The SMILES string of the molecule is CCSC1(CNC(=NC)N(C)Cc2cc(Cl)cn2C)CCOCC1. The maximum Gasteiger partial charge on any atom is 0.193 e. The predicted octanol–water partition coefficient (Wildman–Crippen LogP) is 2.99. The van der Waals surface area contributed by atoms with Gasteiger partial charge in [0.25, 0.3) is 0 Å². The van der Waals surface area contributed by atoms with Crippen LogP contribution in [0.4, 0.5) is 0 Å². The molecular weight excluding hydrogens is 344 g/mol. The van der Waals surface area contributed by atoms with Gasteiger partial charge >= 0.3 is 0 Å². The highest BCUT2D eigenvalue weighted by atomic mass is 35.5. The number of guanidine groups is 1. The van der Waals surface area contributed by atoms with E-state index in [0.717, 1.165) is 61.6 Å². The summed E-state index contributed by atoms with van der Waals surface area (Å²) in [5.74, 6) is 2.03. The van der Waals surface area contributed by atoms with E-state index >= 15 is 0 Å². The van der Waals surface area contributed by atoms with Crippen molar-refractivity contribution in [2.45, 2.75) is 31.1 Å². The van der Waals surface area contributed by atoms with Crippen molar-refractivity contribution in [3.8, 4) is 0 Å². The van der Waals surface area contributed by atoms with Crippen molar-refractivity contribution in [3.63, 3.8) is 0 Å². The molecule has 1 fully saturated rings. The largest absolute Gasteiger partial charge is 0.381 e. The highest BCUT2D eigenvalue weighted by molar-refractivity contribution is 8.00. The molecule has 2 heterocycles. The highest BCUT2D eigenvalue weighted by Crippen LogP contribution is 2.34. The van der Waals surface area contributed by atoms with Gasteiger partial charge < -0.3 is 19.5 Å². The number of nitrogens with one attached hydrogen (secondary N) is 1. The van der Waals surface area contributed by atoms with Gasteiger partial charge in [-0.25, -0.2) is 0 Å². The molecule has 0 aliphatic carbocycles. The Bertz CT molecular complexity index is 549. The lowest BCUT2D eigenvalue weighted by Gasteiger charge is -2.37. The van der Waals surface area contributed by atoms with E-state index in [9.17, 15) is 0 Å². The number of aromatic nitrogens is 1. The van der Waals surface area contributed by atoms with E-state index in [0.29, 0.717) is 0 Å². The normalized spacial score (nSPS) is 17.8. The molecule has 1 aliphatic rings. The van der Waals surface area contributed by atoms with E-state index in [1.54, 1.807) is 0 Å². The third-order valence-electron chi connectivity index (χ3n) is 4.47. The van der Waals surface area contributed by atoms with Crippen LogP contribution in [-0.4, -0.2) is 59.8 Å². The number of hydrogen-bond donors (Lipinski definition) is 1. The zero-order valence-corrected chi connectivity index (χ0v) is 16.7. The number of aryl methyl sites for hydroxylation is 1. The first-order valence-electron chi connectivity index (χ1n) is 8.44. The average Bonchev–Trinajstić information content (AvgIpc) is 2.86. The Balaban J connectivity index is 1.96. The van der Waals surface area contributed by atoms with Crippen molar-refractivity contribution in [2.75, 3.05) is 39.6 Å². The number of nitrogens with zero attached hydrogens (tertiary/aromatic N) is 3. The number of aliphatic imine (C=N–C) groups is 1. The first-order chi connectivity index (χ1) is 11.5. The topological polar surface area (TPSA) is 41.8 Å². The van der Waals surface area contributed by atoms with Crippen LogP contribution in [0.3, 0.4) is 0 Å². The minimum Gasteiger partial charge on any atom is -0.381 e. The molecule has 1 aliphatic heterocycles. The molecule has 0 atom stereocenters. The van der Waals surface area contributed by atoms with Gasteiger partial charge in [0.05, 0.1) is 11.6 Å². The standard InChI is InChI=1S/C17H29ClN4OS/c1-5-24-17(6-8-23-9-7-17)13-20-16(19-2)22(4)12-15-10-14(18)11-21(15)3/h10-11H,5-9,12-13H2,1-4H3,(H,19,20). The van der Waals surface area contributed by atoms with Gasteiger partial charge in [0.1, 0.15) is 0 Å². The average molecular weight is 373 g/mol. The van der Waals surface area contributed by atoms with Gasteiger partial charge in [-0.3, -0.25) is 4.99 Å². The van der Waals surface area contributed by atoms with Crippen molar-refractivity contribution in [1.82, 2.24) is 14.8 Å². The third-order valence-corrected chi connectivity index (χ3v) is 6.13. The van der Waals surface area contributed by atoms with E-state index in [4.69, 9.17) is 16.3 Å². The van der Waals surface area contributed by atoms with E-state index in [1.807, 2.05) is 38.1 Å². The first kappa shape index (κ1) is 19.5. The maximum absolute atomic E-state index is 6.08. The van der Waals surface area contributed by atoms with Crippen LogP contribution in [0.5, 0.6) is 0 Å². The number of rotatable bonds is 6. The Morgan fingerprint density at radius 1 is 1.50 bits per heavy atom. The van der Waals surface area contributed by atoms with E-state index in [-0.39, 0.29) is 4.75 Å². The highest BCUT2D eigenvalue weighted by Gasteiger charge is 2.33. The fourth-order valence-corrected chi connectivity index (χ4v) is 4.60. The summed E-state index contributed by atoms with van der Waals surface area (Å²) in [4.78, 5) is 6.58. The van der Waals surface area contributed by atoms with Gasteiger partial charge in [-0.05, 0) is 24.7 Å². The second kappa shape index (κ2) is 9.02. The van der Waals surface area contributed by atoms with E-state index in [2.05, 4.69) is 33.7 Å². The van der Waals surface area contributed by atoms with Gasteiger partial charge in [-0.15, -0.1) is 0 Å². The minimum absolute atomic E-state index is 0.248. The third kappa shape index (κ3) is 5.07. The molecule has 1 saturated heterocycles. The van der Waals surface area contributed by atoms with Crippen molar-refractivity contribution in [1.29, 1.82) is 0 Å². The van der Waals surface area contributed by atoms with Crippen LogP contribution in [0, 0.1) is 0 Å². The molecule has 7 heteroatoms. The van der Waals surface area contributed by atoms with Crippen LogP contribution in [0.2, 0.25) is 5.02 Å². The van der Waals surface area contributed by atoms with E-state index < -0.39 is 0 Å². The van der Waals surface area contributed by atoms with Crippen molar-refractivity contribution in [2.24, 2.45) is 12.0 Å². The molecule has 0 amide bonds. The minimum atomic E-state index is 0.248. The van der Waals surface area contributed by atoms with Crippen LogP contribution in [0.15, 0.2) is 17.3 Å². The lowest BCUT2D eigenvalue weighted by Crippen LogP contribution is -2.48. The van der Waals surface area contributed by atoms with Crippen LogP contribution < -0.4 is 5.32 Å². The van der Waals surface area contributed by atoms with E-state index in [1.165, 1.54) is 0 Å². The summed E-state index contributed by atoms with van der Waals surface area (Å²) in [7, 11) is 5.90. The number of halogens is 1. The molecule has 0 bridgehead atoms. The Kier molecular flexibility index (Phi) is 7.32. The first-order valence-corrected chi connectivity index (χ1v) is 9.80. The summed E-state index contributed by atoms with van der Waals surface area (Å²) in [5, 5.41) is 4.34. The number of thioether (sulfide) groups is 1. The van der Waals surface area contributed by atoms with Gasteiger partial charge in [0.15, 0.2) is 5.96 Å². The van der Waals surface area contributed by atoms with Crippen LogP contribution in [0.1, 0.15) is 25.5 Å². The van der Waals surface area contributed by atoms with Crippen molar-refractivity contribution < 1.29 is 4.74 Å². The molecule has 0 spiro atoms. The molecule has 0 unspecified atom stereocenters. The molecular formula is C17H29ClN4OS. The maximum atomic E-state index is 6.08. The molecule has 0 aromatic carbocycles.